The van der Waals surface area contributed by atoms with Crippen molar-refractivity contribution < 1.29 is 4.79 Å². The first-order chi connectivity index (χ1) is 9.74. The van der Waals surface area contributed by atoms with Gasteiger partial charge in [0.05, 0.1) is 0 Å². The van der Waals surface area contributed by atoms with Crippen molar-refractivity contribution in [2.24, 2.45) is 11.0 Å². The average Bonchev–Trinajstić information content (AvgIpc) is 3.27. The van der Waals surface area contributed by atoms with Gasteiger partial charge in [0.1, 0.15) is 0 Å². The molecule has 116 valence electrons. The van der Waals surface area contributed by atoms with Crippen LogP contribution in [0.1, 0.15) is 90.9 Å². The highest BCUT2D eigenvalue weighted by Gasteiger charge is 2.24. The summed E-state index contributed by atoms with van der Waals surface area (Å²) in [5, 5.41) is 4.16. The molecule has 0 saturated heterocycles. The van der Waals surface area contributed by atoms with Crippen LogP contribution in [0.25, 0.3) is 0 Å². The minimum absolute atomic E-state index is 0.0768. The maximum absolute atomic E-state index is 11.6. The molecule has 1 fully saturated rings. The number of rotatable bonds is 12. The van der Waals surface area contributed by atoms with Gasteiger partial charge < -0.3 is 0 Å². The van der Waals surface area contributed by atoms with Gasteiger partial charge in [0.15, 0.2) is 0 Å². The molecule has 0 aromatic heterocycles. The van der Waals surface area contributed by atoms with Crippen molar-refractivity contribution in [3.05, 3.63) is 0 Å². The minimum Gasteiger partial charge on any atom is -0.273 e. The number of hydrazone groups is 1. The number of carbonyl (C=O) groups is 1. The second-order valence-electron chi connectivity index (χ2n) is 6.14. The van der Waals surface area contributed by atoms with Crippen molar-refractivity contribution in [1.29, 1.82) is 0 Å². The van der Waals surface area contributed by atoms with Crippen molar-refractivity contribution in [1.82, 2.24) is 5.43 Å². The van der Waals surface area contributed by atoms with Gasteiger partial charge in [0, 0.05) is 12.1 Å². The fraction of sp³-hybridized carbons (Fsp3) is 0.882. The Labute approximate surface area is 124 Å². The van der Waals surface area contributed by atoms with Gasteiger partial charge in [-0.15, -0.1) is 0 Å². The van der Waals surface area contributed by atoms with Gasteiger partial charge in [-0.1, -0.05) is 58.3 Å². The topological polar surface area (TPSA) is 41.5 Å². The van der Waals surface area contributed by atoms with Crippen LogP contribution >= 0.6 is 0 Å². The van der Waals surface area contributed by atoms with Crippen LogP contribution < -0.4 is 5.43 Å². The third-order valence-corrected chi connectivity index (χ3v) is 4.03. The maximum Gasteiger partial charge on any atom is 0.240 e. The molecule has 0 aliphatic heterocycles. The van der Waals surface area contributed by atoms with Crippen LogP contribution in [0.3, 0.4) is 0 Å². The molecule has 3 nitrogen and oxygen atoms in total. The zero-order chi connectivity index (χ0) is 14.6. The molecule has 1 aliphatic rings. The third kappa shape index (κ3) is 9.11. The van der Waals surface area contributed by atoms with Crippen molar-refractivity contribution in [2.75, 3.05) is 0 Å². The summed E-state index contributed by atoms with van der Waals surface area (Å²) in [5.74, 6) is 0.718. The van der Waals surface area contributed by atoms with Crippen LogP contribution in [0.5, 0.6) is 0 Å². The highest BCUT2D eigenvalue weighted by atomic mass is 16.2. The van der Waals surface area contributed by atoms with Gasteiger partial charge in [-0.2, -0.15) is 5.10 Å². The highest BCUT2D eigenvalue weighted by Crippen LogP contribution is 2.30. The van der Waals surface area contributed by atoms with E-state index in [2.05, 4.69) is 17.5 Å². The van der Waals surface area contributed by atoms with Gasteiger partial charge in [0.2, 0.25) is 5.91 Å². The van der Waals surface area contributed by atoms with Crippen molar-refractivity contribution >= 4 is 11.6 Å². The van der Waals surface area contributed by atoms with E-state index in [9.17, 15) is 4.79 Å². The number of nitrogens with zero attached hydrogens (tertiary/aromatic N) is 1. The first-order valence-electron chi connectivity index (χ1n) is 8.57. The van der Waals surface area contributed by atoms with Gasteiger partial charge in [-0.3, -0.25) is 4.79 Å². The Bertz CT molecular complexity index is 295. The summed E-state index contributed by atoms with van der Waals surface area (Å²) in [7, 11) is 0. The Morgan fingerprint density at radius 1 is 1.00 bits per heavy atom. The van der Waals surface area contributed by atoms with E-state index in [1.807, 2.05) is 6.92 Å². The second-order valence-corrected chi connectivity index (χ2v) is 6.14. The smallest absolute Gasteiger partial charge is 0.240 e. The molecule has 0 aromatic carbocycles. The SMILES string of the molecule is CCCCCCCCCCCC(=O)N/N=C(\C)C1CC1. The van der Waals surface area contributed by atoms with Crippen LogP contribution in [0.2, 0.25) is 0 Å². The monoisotopic (exact) mass is 280 g/mol. The Kier molecular flexibility index (Phi) is 9.35. The molecule has 1 saturated carbocycles. The average molecular weight is 280 g/mol. The molecule has 1 rings (SSSR count). The number of hydrogen-bond donors (Lipinski definition) is 1. The first kappa shape index (κ1) is 17.2. The Balaban J connectivity index is 1.85. The number of hydrogen-bond acceptors (Lipinski definition) is 2. The summed E-state index contributed by atoms with van der Waals surface area (Å²) in [6, 6.07) is 0. The van der Waals surface area contributed by atoms with E-state index >= 15 is 0 Å². The summed E-state index contributed by atoms with van der Waals surface area (Å²) in [6.45, 7) is 4.26. The van der Waals surface area contributed by atoms with Crippen LogP contribution in [-0.2, 0) is 4.79 Å². The highest BCUT2D eigenvalue weighted by molar-refractivity contribution is 5.87. The van der Waals surface area contributed by atoms with Gasteiger partial charge in [-0.25, -0.2) is 5.43 Å². The summed E-state index contributed by atoms with van der Waals surface area (Å²) in [6.07, 6.45) is 14.7. The normalized spacial score (nSPS) is 15.4. The molecule has 20 heavy (non-hydrogen) atoms. The second kappa shape index (κ2) is 10.9. The number of nitrogens with one attached hydrogen (secondary N) is 1. The Hall–Kier alpha value is -0.860. The largest absolute Gasteiger partial charge is 0.273 e. The predicted molar refractivity (Wildman–Crippen MR) is 85.8 cm³/mol. The van der Waals surface area contributed by atoms with E-state index in [4.69, 9.17) is 0 Å². The molecule has 0 aromatic rings. The molecule has 0 atom stereocenters. The molecule has 0 spiro atoms. The molecule has 0 heterocycles. The van der Waals surface area contributed by atoms with E-state index in [-0.39, 0.29) is 5.91 Å². The van der Waals surface area contributed by atoms with Crippen molar-refractivity contribution in [3.8, 4) is 0 Å². The Morgan fingerprint density at radius 3 is 2.10 bits per heavy atom. The number of carbonyl (C=O) groups excluding carboxylic acids is 1. The lowest BCUT2D eigenvalue weighted by atomic mass is 10.1. The molecule has 0 unspecified atom stereocenters. The number of unbranched alkanes of at least 4 members (excludes halogenated alkanes) is 8. The van der Waals surface area contributed by atoms with Crippen LogP contribution in [0.15, 0.2) is 5.10 Å². The summed E-state index contributed by atoms with van der Waals surface area (Å²) >= 11 is 0. The summed E-state index contributed by atoms with van der Waals surface area (Å²) < 4.78 is 0. The molecule has 3 heteroatoms. The van der Waals surface area contributed by atoms with Crippen molar-refractivity contribution in [2.45, 2.75) is 90.9 Å². The standard InChI is InChI=1S/C17H32N2O/c1-3-4-5-6-7-8-9-10-11-12-17(20)19-18-15(2)16-13-14-16/h16H,3-14H2,1-2H3,(H,19,20)/b18-15+. The molecule has 1 amide bonds. The molecule has 0 bridgehead atoms. The zero-order valence-electron chi connectivity index (χ0n) is 13.4. The fourth-order valence-corrected chi connectivity index (χ4v) is 2.40. The maximum atomic E-state index is 11.6. The van der Waals surface area contributed by atoms with Gasteiger partial charge >= 0.3 is 0 Å². The van der Waals surface area contributed by atoms with Crippen LogP contribution in [0.4, 0.5) is 0 Å². The summed E-state index contributed by atoms with van der Waals surface area (Å²) in [5.41, 5.74) is 3.77. The first-order valence-corrected chi connectivity index (χ1v) is 8.57. The molecule has 0 radical (unpaired) electrons. The van der Waals surface area contributed by atoms with Crippen LogP contribution in [-0.4, -0.2) is 11.6 Å². The van der Waals surface area contributed by atoms with Crippen LogP contribution in [0, 0.1) is 5.92 Å². The number of amides is 1. The van der Waals surface area contributed by atoms with E-state index in [1.54, 1.807) is 0 Å². The fourth-order valence-electron chi connectivity index (χ4n) is 2.40. The lowest BCUT2D eigenvalue weighted by Crippen LogP contribution is -2.18. The van der Waals surface area contributed by atoms with E-state index < -0.39 is 0 Å². The van der Waals surface area contributed by atoms with Gasteiger partial charge in [-0.05, 0) is 32.1 Å². The molecule has 1 aliphatic carbocycles. The Morgan fingerprint density at radius 2 is 1.55 bits per heavy atom. The lowest BCUT2D eigenvalue weighted by Gasteiger charge is -2.03. The van der Waals surface area contributed by atoms with Crippen molar-refractivity contribution in [3.63, 3.8) is 0 Å². The summed E-state index contributed by atoms with van der Waals surface area (Å²) in [4.78, 5) is 11.6. The third-order valence-electron chi connectivity index (χ3n) is 4.03. The van der Waals surface area contributed by atoms with E-state index in [0.717, 1.165) is 12.1 Å². The predicted octanol–water partition coefficient (Wildman–Crippen LogP) is 4.81. The minimum atomic E-state index is 0.0768. The molecular weight excluding hydrogens is 248 g/mol. The zero-order valence-corrected chi connectivity index (χ0v) is 13.4. The van der Waals surface area contributed by atoms with Gasteiger partial charge in [0.25, 0.3) is 0 Å². The quantitative estimate of drug-likeness (QED) is 0.311. The molecule has 1 N–H and O–H groups in total. The molecular formula is C17H32N2O. The lowest BCUT2D eigenvalue weighted by molar-refractivity contribution is -0.121. The van der Waals surface area contributed by atoms with E-state index in [1.165, 1.54) is 64.2 Å². The van der Waals surface area contributed by atoms with E-state index in [0.29, 0.717) is 12.3 Å².